The van der Waals surface area contributed by atoms with E-state index in [1.807, 2.05) is 37.3 Å². The number of benzene rings is 1. The van der Waals surface area contributed by atoms with Crippen LogP contribution in [-0.4, -0.2) is 51.7 Å². The lowest BCUT2D eigenvalue weighted by molar-refractivity contribution is -0.129. The summed E-state index contributed by atoms with van der Waals surface area (Å²) < 4.78 is 5.69. The number of amidine groups is 1. The molecule has 1 N–H and O–H groups in total. The number of nitrogens with zero attached hydrogens (tertiary/aromatic N) is 4. The van der Waals surface area contributed by atoms with E-state index in [2.05, 4.69) is 33.4 Å². The molecule has 1 aromatic heterocycles. The van der Waals surface area contributed by atoms with E-state index in [0.717, 1.165) is 11.1 Å². The molecule has 0 saturated carbocycles. The van der Waals surface area contributed by atoms with Gasteiger partial charge in [0, 0.05) is 25.0 Å². The zero-order valence-electron chi connectivity index (χ0n) is 17.1. The number of ether oxygens (including phenoxy) is 1. The monoisotopic (exact) mass is 405 g/mol. The van der Waals surface area contributed by atoms with Gasteiger partial charge in [-0.3, -0.25) is 14.5 Å². The standard InChI is InChI=1S/C22H23N5O3/c1-6-23-20-15(4)30-14(3)18(22(29)27(20)5)26-21(28)19-24-12-13(2)17(25-19)16-10-8-7-9-11-16/h6-12,14,18H,1,4H2,2-3,5H3,(H,26,28)/t14-,18+/m1/s1. The lowest BCUT2D eigenvalue weighted by atomic mass is 10.1. The van der Waals surface area contributed by atoms with Crippen LogP contribution in [0.3, 0.4) is 0 Å². The number of carbonyl (C=O) groups is 2. The highest BCUT2D eigenvalue weighted by atomic mass is 16.5. The molecule has 0 radical (unpaired) electrons. The number of likely N-dealkylation sites (N-methyl/N-ethyl adjacent to an activating group) is 1. The molecule has 1 aliphatic heterocycles. The highest BCUT2D eigenvalue weighted by Gasteiger charge is 2.37. The van der Waals surface area contributed by atoms with E-state index < -0.39 is 24.0 Å². The molecule has 2 atom stereocenters. The Balaban J connectivity index is 1.88. The molecule has 0 aliphatic carbocycles. The highest BCUT2D eigenvalue weighted by Crippen LogP contribution is 2.21. The number of aryl methyl sites for hydroxylation is 1. The van der Waals surface area contributed by atoms with Crippen LogP contribution in [0.5, 0.6) is 0 Å². The summed E-state index contributed by atoms with van der Waals surface area (Å²) in [6, 6.07) is 8.53. The third-order valence-electron chi connectivity index (χ3n) is 4.68. The minimum atomic E-state index is -0.971. The summed E-state index contributed by atoms with van der Waals surface area (Å²) in [5.41, 5.74) is 2.36. The van der Waals surface area contributed by atoms with Crippen molar-refractivity contribution in [2.24, 2.45) is 4.99 Å². The summed E-state index contributed by atoms with van der Waals surface area (Å²) >= 11 is 0. The van der Waals surface area contributed by atoms with Crippen LogP contribution in [0.25, 0.3) is 11.3 Å². The fraction of sp³-hybridized carbons (Fsp3) is 0.227. The maximum absolute atomic E-state index is 12.9. The van der Waals surface area contributed by atoms with Gasteiger partial charge in [-0.05, 0) is 19.4 Å². The molecule has 3 rings (SSSR count). The molecule has 1 aromatic carbocycles. The van der Waals surface area contributed by atoms with Crippen molar-refractivity contribution >= 4 is 17.6 Å². The number of aliphatic imine (C=N–C) groups is 1. The molecule has 2 aromatic rings. The molecule has 0 spiro atoms. The Morgan fingerprint density at radius 1 is 1.33 bits per heavy atom. The van der Waals surface area contributed by atoms with Crippen LogP contribution in [0.2, 0.25) is 0 Å². The Hall–Kier alpha value is -3.81. The van der Waals surface area contributed by atoms with Crippen molar-refractivity contribution in [1.29, 1.82) is 0 Å². The predicted molar refractivity (Wildman–Crippen MR) is 114 cm³/mol. The van der Waals surface area contributed by atoms with E-state index in [1.54, 1.807) is 13.1 Å². The van der Waals surface area contributed by atoms with Crippen LogP contribution in [0.4, 0.5) is 0 Å². The molecular weight excluding hydrogens is 382 g/mol. The van der Waals surface area contributed by atoms with Crippen molar-refractivity contribution in [3.63, 3.8) is 0 Å². The lowest BCUT2D eigenvalue weighted by Gasteiger charge is -2.22. The van der Waals surface area contributed by atoms with Gasteiger partial charge in [0.1, 0.15) is 12.1 Å². The predicted octanol–water partition coefficient (Wildman–Crippen LogP) is 2.48. The van der Waals surface area contributed by atoms with Crippen molar-refractivity contribution < 1.29 is 14.3 Å². The summed E-state index contributed by atoms with van der Waals surface area (Å²) in [6.07, 6.45) is 2.21. The normalized spacial score (nSPS) is 20.5. The van der Waals surface area contributed by atoms with Gasteiger partial charge in [-0.2, -0.15) is 0 Å². The number of hydrogen-bond acceptors (Lipinski definition) is 6. The quantitative estimate of drug-likeness (QED) is 0.843. The molecule has 1 fully saturated rings. The maximum Gasteiger partial charge on any atom is 0.289 e. The maximum atomic E-state index is 12.9. The largest absolute Gasteiger partial charge is 0.485 e. The molecule has 30 heavy (non-hydrogen) atoms. The van der Waals surface area contributed by atoms with E-state index in [1.165, 1.54) is 18.1 Å². The molecular formula is C22H23N5O3. The smallest absolute Gasteiger partial charge is 0.289 e. The Kier molecular flexibility index (Phi) is 6.06. The van der Waals surface area contributed by atoms with E-state index in [-0.39, 0.29) is 17.4 Å². The number of hydrogen-bond donors (Lipinski definition) is 1. The number of aromatic nitrogens is 2. The Bertz CT molecular complexity index is 1030. The van der Waals surface area contributed by atoms with Crippen molar-refractivity contribution in [3.8, 4) is 11.3 Å². The van der Waals surface area contributed by atoms with Gasteiger partial charge < -0.3 is 10.1 Å². The second-order valence-electron chi connectivity index (χ2n) is 6.82. The first-order chi connectivity index (χ1) is 14.3. The summed E-state index contributed by atoms with van der Waals surface area (Å²) in [5, 5.41) is 2.68. The van der Waals surface area contributed by atoms with Crippen LogP contribution >= 0.6 is 0 Å². The van der Waals surface area contributed by atoms with Gasteiger partial charge in [0.2, 0.25) is 5.82 Å². The van der Waals surface area contributed by atoms with Gasteiger partial charge in [0.05, 0.1) is 5.69 Å². The van der Waals surface area contributed by atoms with Crippen molar-refractivity contribution in [2.75, 3.05) is 7.05 Å². The zero-order chi connectivity index (χ0) is 21.8. The first-order valence-electron chi connectivity index (χ1n) is 9.35. The van der Waals surface area contributed by atoms with Crippen molar-refractivity contribution in [1.82, 2.24) is 20.2 Å². The summed E-state index contributed by atoms with van der Waals surface area (Å²) in [5.74, 6) is -0.566. The fourth-order valence-corrected chi connectivity index (χ4v) is 3.12. The van der Waals surface area contributed by atoms with Crippen LogP contribution in [0, 0.1) is 6.92 Å². The fourth-order valence-electron chi connectivity index (χ4n) is 3.12. The Morgan fingerprint density at radius 3 is 2.70 bits per heavy atom. The molecule has 1 saturated heterocycles. The van der Waals surface area contributed by atoms with Gasteiger partial charge in [0.25, 0.3) is 11.8 Å². The van der Waals surface area contributed by atoms with E-state index in [9.17, 15) is 9.59 Å². The second-order valence-corrected chi connectivity index (χ2v) is 6.82. The minimum Gasteiger partial charge on any atom is -0.485 e. The third kappa shape index (κ3) is 4.12. The van der Waals surface area contributed by atoms with Gasteiger partial charge in [-0.1, -0.05) is 43.5 Å². The van der Waals surface area contributed by atoms with Crippen LogP contribution in [-0.2, 0) is 9.53 Å². The zero-order valence-corrected chi connectivity index (χ0v) is 17.1. The van der Waals surface area contributed by atoms with Gasteiger partial charge in [0.15, 0.2) is 11.6 Å². The summed E-state index contributed by atoms with van der Waals surface area (Å²) in [4.78, 5) is 39.7. The Morgan fingerprint density at radius 2 is 2.03 bits per heavy atom. The first kappa shape index (κ1) is 20.9. The summed E-state index contributed by atoms with van der Waals surface area (Å²) in [7, 11) is 1.53. The van der Waals surface area contributed by atoms with Gasteiger partial charge in [-0.25, -0.2) is 15.0 Å². The molecule has 2 heterocycles. The molecule has 0 unspecified atom stereocenters. The van der Waals surface area contributed by atoms with E-state index in [0.29, 0.717) is 5.69 Å². The number of amides is 2. The van der Waals surface area contributed by atoms with Crippen LogP contribution in [0.15, 0.2) is 66.6 Å². The average Bonchev–Trinajstić information content (AvgIpc) is 2.81. The number of nitrogens with one attached hydrogen (secondary N) is 1. The van der Waals surface area contributed by atoms with E-state index >= 15 is 0 Å². The first-order valence-corrected chi connectivity index (χ1v) is 9.35. The molecule has 8 nitrogen and oxygen atoms in total. The lowest BCUT2D eigenvalue weighted by Crippen LogP contribution is -2.52. The molecule has 154 valence electrons. The molecule has 0 bridgehead atoms. The summed E-state index contributed by atoms with van der Waals surface area (Å²) in [6.45, 7) is 10.9. The minimum absolute atomic E-state index is 0.0369. The van der Waals surface area contributed by atoms with Crippen molar-refractivity contribution in [2.45, 2.75) is 26.0 Å². The number of rotatable bonds is 4. The molecule has 8 heteroatoms. The Labute approximate surface area is 175 Å². The number of carbonyl (C=O) groups excluding carboxylic acids is 2. The van der Waals surface area contributed by atoms with Crippen molar-refractivity contribution in [3.05, 3.63) is 73.0 Å². The van der Waals surface area contributed by atoms with E-state index in [4.69, 9.17) is 4.74 Å². The molecule has 1 aliphatic rings. The molecule has 2 amide bonds. The topological polar surface area (TPSA) is 96.8 Å². The highest BCUT2D eigenvalue weighted by molar-refractivity contribution is 6.09. The average molecular weight is 405 g/mol. The third-order valence-corrected chi connectivity index (χ3v) is 4.68. The van der Waals surface area contributed by atoms with Crippen LogP contribution in [0.1, 0.15) is 23.1 Å². The second kappa shape index (κ2) is 8.69. The SMILES string of the molecule is C=CN=C1C(=C)O[C@H](C)[C@H](NC(=O)c2ncc(C)c(-c3ccccc3)n2)C(=O)N1C. The van der Waals surface area contributed by atoms with Gasteiger partial charge in [-0.15, -0.1) is 0 Å². The van der Waals surface area contributed by atoms with Gasteiger partial charge >= 0.3 is 0 Å². The van der Waals surface area contributed by atoms with Crippen LogP contribution < -0.4 is 5.32 Å².